The molecule has 1 aliphatic heterocycles. The maximum atomic E-state index is 12.7. The Labute approximate surface area is 136 Å². The molecule has 1 unspecified atom stereocenters. The molecule has 2 aromatic rings. The minimum Gasteiger partial charge on any atom is -0.425 e. The molecule has 1 atom stereocenters. The van der Waals surface area contributed by atoms with Crippen LogP contribution in [0.1, 0.15) is 5.69 Å². The zero-order valence-corrected chi connectivity index (χ0v) is 13.2. The summed E-state index contributed by atoms with van der Waals surface area (Å²) in [4.78, 5) is 24.0. The number of nitrogens with one attached hydrogen (secondary N) is 1. The number of halogens is 1. The third kappa shape index (κ3) is 2.43. The zero-order valence-electron chi connectivity index (χ0n) is 12.4. The van der Waals surface area contributed by atoms with Gasteiger partial charge in [-0.1, -0.05) is 29.8 Å². The van der Waals surface area contributed by atoms with Crippen LogP contribution in [-0.4, -0.2) is 26.7 Å². The molecule has 3 rings (SSSR count). The summed E-state index contributed by atoms with van der Waals surface area (Å²) in [6.07, 6.45) is -1.51. The lowest BCUT2D eigenvalue weighted by Crippen LogP contribution is -2.22. The maximum absolute atomic E-state index is 12.7. The second-order valence-corrected chi connectivity index (χ2v) is 5.42. The van der Waals surface area contributed by atoms with Crippen molar-refractivity contribution in [1.29, 1.82) is 0 Å². The lowest BCUT2D eigenvalue weighted by Gasteiger charge is -2.09. The van der Waals surface area contributed by atoms with Crippen molar-refractivity contribution in [3.05, 3.63) is 57.1 Å². The first-order valence-electron chi connectivity index (χ1n) is 6.81. The number of carbonyl (C=O) groups excluding carboxylic acids is 1. The van der Waals surface area contributed by atoms with Crippen molar-refractivity contribution in [2.24, 2.45) is 7.05 Å². The highest BCUT2D eigenvalue weighted by Gasteiger charge is 2.33. The van der Waals surface area contributed by atoms with E-state index in [9.17, 15) is 14.7 Å². The Bertz CT molecular complexity index is 867. The lowest BCUT2D eigenvalue weighted by atomic mass is 10.3. The molecule has 23 heavy (non-hydrogen) atoms. The van der Waals surface area contributed by atoms with Gasteiger partial charge in [0.25, 0.3) is 5.56 Å². The third-order valence-corrected chi connectivity index (χ3v) is 4.05. The highest BCUT2D eigenvalue weighted by Crippen LogP contribution is 2.26. The van der Waals surface area contributed by atoms with Crippen LogP contribution >= 0.6 is 11.6 Å². The molecule has 120 valence electrons. The molecule has 2 heterocycles. The Balaban J connectivity index is 2.09. The summed E-state index contributed by atoms with van der Waals surface area (Å²) in [5, 5.41) is 12.2. The highest BCUT2D eigenvalue weighted by atomic mass is 35.5. The first kappa shape index (κ1) is 15.4. The Morgan fingerprint density at radius 2 is 1.91 bits per heavy atom. The van der Waals surface area contributed by atoms with Gasteiger partial charge in [0.15, 0.2) is 5.03 Å². The Hall–Kier alpha value is -2.51. The third-order valence-electron chi connectivity index (χ3n) is 3.70. The van der Waals surface area contributed by atoms with Crippen LogP contribution in [-0.2, 0) is 16.6 Å². The smallest absolute Gasteiger partial charge is 0.354 e. The number of aliphatic hydroxyl groups is 1. The van der Waals surface area contributed by atoms with E-state index in [4.69, 9.17) is 11.6 Å². The van der Waals surface area contributed by atoms with Crippen LogP contribution in [0.5, 0.6) is 0 Å². The van der Waals surface area contributed by atoms with Gasteiger partial charge in [0.05, 0.1) is 11.4 Å². The molecule has 8 heteroatoms. The molecule has 0 spiro atoms. The molecule has 7 nitrogen and oxygen atoms in total. The van der Waals surface area contributed by atoms with Crippen LogP contribution in [0, 0.1) is 6.92 Å². The normalized spacial score (nSPS) is 17.6. The van der Waals surface area contributed by atoms with Gasteiger partial charge in [-0.2, -0.15) is 0 Å². The minimum atomic E-state index is -1.51. The largest absolute Gasteiger partial charge is 0.425 e. The average Bonchev–Trinajstić information content (AvgIpc) is 2.89. The quantitative estimate of drug-likeness (QED) is 0.824. The number of nitrogens with zero attached hydrogens (tertiary/aromatic N) is 2. The Morgan fingerprint density at radius 1 is 1.26 bits per heavy atom. The number of anilines is 1. The molecule has 0 fully saturated rings. The summed E-state index contributed by atoms with van der Waals surface area (Å²) in [7, 11) is 1.73. The molecular weight excluding hydrogens is 322 g/mol. The molecule has 1 aromatic carbocycles. The van der Waals surface area contributed by atoms with Crippen molar-refractivity contribution in [2.45, 2.75) is 13.2 Å². The summed E-state index contributed by atoms with van der Waals surface area (Å²) in [6.45, 7) is 1.74. The topological polar surface area (TPSA) is 85.5 Å². The number of aromatic nitrogens is 2. The van der Waals surface area contributed by atoms with E-state index in [1.165, 1.54) is 4.68 Å². The molecule has 0 amide bonds. The molecule has 0 saturated carbocycles. The van der Waals surface area contributed by atoms with Crippen LogP contribution < -0.4 is 10.9 Å². The van der Waals surface area contributed by atoms with Crippen LogP contribution in [0.15, 0.2) is 45.9 Å². The number of hydrogen-bond acceptors (Lipinski definition) is 5. The van der Waals surface area contributed by atoms with Crippen LogP contribution in [0.2, 0.25) is 0 Å². The van der Waals surface area contributed by atoms with E-state index < -0.39 is 12.3 Å². The van der Waals surface area contributed by atoms with Gasteiger partial charge in [-0.15, -0.1) is 0 Å². The average molecular weight is 336 g/mol. The van der Waals surface area contributed by atoms with Gasteiger partial charge in [0.1, 0.15) is 11.4 Å². The van der Waals surface area contributed by atoms with Crippen molar-refractivity contribution < 1.29 is 14.6 Å². The van der Waals surface area contributed by atoms with Gasteiger partial charge in [0, 0.05) is 7.05 Å². The number of benzene rings is 1. The number of rotatable bonds is 3. The molecule has 0 saturated heterocycles. The standard InChI is InChI=1S/C15H14ClN3O4/c1-8-11(17-12-10(16)14(21)23-15(12)22)13(20)19(18(8)2)9-6-4-3-5-7-9/h3-7,15,17,22H,1-2H3. The fourth-order valence-electron chi connectivity index (χ4n) is 2.39. The number of para-hydroxylation sites is 1. The summed E-state index contributed by atoms with van der Waals surface area (Å²) in [6, 6.07) is 9.10. The molecule has 0 aliphatic carbocycles. The predicted molar refractivity (Wildman–Crippen MR) is 84.3 cm³/mol. The second kappa shape index (κ2) is 5.60. The molecule has 2 N–H and O–H groups in total. The molecule has 1 aliphatic rings. The maximum Gasteiger partial charge on any atom is 0.354 e. The van der Waals surface area contributed by atoms with E-state index in [0.29, 0.717) is 11.4 Å². The highest BCUT2D eigenvalue weighted by molar-refractivity contribution is 6.42. The monoisotopic (exact) mass is 335 g/mol. The number of esters is 1. The second-order valence-electron chi connectivity index (χ2n) is 5.05. The van der Waals surface area contributed by atoms with E-state index in [2.05, 4.69) is 10.1 Å². The van der Waals surface area contributed by atoms with Crippen molar-refractivity contribution in [2.75, 3.05) is 5.32 Å². The summed E-state index contributed by atoms with van der Waals surface area (Å²) >= 11 is 5.81. The lowest BCUT2D eigenvalue weighted by molar-refractivity contribution is -0.151. The summed E-state index contributed by atoms with van der Waals surface area (Å²) in [5.41, 5.74) is 1.14. The van der Waals surface area contributed by atoms with E-state index in [-0.39, 0.29) is 22.0 Å². The van der Waals surface area contributed by atoms with E-state index in [1.807, 2.05) is 18.2 Å². The Morgan fingerprint density at radius 3 is 2.48 bits per heavy atom. The number of aliphatic hydroxyl groups excluding tert-OH is 1. The van der Waals surface area contributed by atoms with Crippen molar-refractivity contribution in [3.63, 3.8) is 0 Å². The number of cyclic esters (lactones) is 1. The number of hydrogen-bond donors (Lipinski definition) is 2. The van der Waals surface area contributed by atoms with E-state index >= 15 is 0 Å². The molecule has 0 radical (unpaired) electrons. The van der Waals surface area contributed by atoms with Gasteiger partial charge < -0.3 is 15.2 Å². The van der Waals surface area contributed by atoms with Crippen molar-refractivity contribution >= 4 is 23.3 Å². The van der Waals surface area contributed by atoms with E-state index in [1.54, 1.807) is 30.8 Å². The van der Waals surface area contributed by atoms with Crippen LogP contribution in [0.4, 0.5) is 5.69 Å². The van der Waals surface area contributed by atoms with Gasteiger partial charge >= 0.3 is 5.97 Å². The first-order chi connectivity index (χ1) is 10.9. The summed E-state index contributed by atoms with van der Waals surface area (Å²) < 4.78 is 7.73. The number of carbonyl (C=O) groups is 1. The fourth-order valence-corrected chi connectivity index (χ4v) is 2.58. The fraction of sp³-hybridized carbons (Fsp3) is 0.200. The van der Waals surface area contributed by atoms with E-state index in [0.717, 1.165) is 0 Å². The van der Waals surface area contributed by atoms with Gasteiger partial charge in [-0.25, -0.2) is 9.48 Å². The van der Waals surface area contributed by atoms with Crippen molar-refractivity contribution in [1.82, 2.24) is 9.36 Å². The van der Waals surface area contributed by atoms with Crippen LogP contribution in [0.3, 0.4) is 0 Å². The molecule has 1 aromatic heterocycles. The minimum absolute atomic E-state index is 0.0392. The number of ether oxygens (including phenoxy) is 1. The van der Waals surface area contributed by atoms with Gasteiger partial charge in [-0.05, 0) is 19.1 Å². The summed E-state index contributed by atoms with van der Waals surface area (Å²) in [5.74, 6) is -0.835. The molecule has 0 bridgehead atoms. The molecular formula is C15H14ClN3O4. The first-order valence-corrected chi connectivity index (χ1v) is 7.19. The predicted octanol–water partition coefficient (Wildman–Crippen LogP) is 1.22. The van der Waals surface area contributed by atoms with Crippen LogP contribution in [0.25, 0.3) is 5.69 Å². The SMILES string of the molecule is Cc1c(NC2=C(Cl)C(=O)OC2O)c(=O)n(-c2ccccc2)n1C. The van der Waals surface area contributed by atoms with Gasteiger partial charge in [-0.3, -0.25) is 9.48 Å². The van der Waals surface area contributed by atoms with Gasteiger partial charge in [0.2, 0.25) is 6.29 Å². The Kier molecular flexibility index (Phi) is 3.75. The zero-order chi connectivity index (χ0) is 16.7. The van der Waals surface area contributed by atoms with Crippen molar-refractivity contribution in [3.8, 4) is 5.69 Å².